The van der Waals surface area contributed by atoms with Crippen molar-refractivity contribution < 1.29 is 0 Å². The van der Waals surface area contributed by atoms with Crippen molar-refractivity contribution in [1.29, 1.82) is 5.41 Å². The molecule has 5 heteroatoms. The minimum Gasteiger partial charge on any atom is -0.382 e. The molecule has 3 N–H and O–H groups in total. The van der Waals surface area contributed by atoms with E-state index in [4.69, 9.17) is 11.1 Å². The molecule has 0 radical (unpaired) electrons. The number of rotatable bonds is 1. The topological polar surface area (TPSA) is 75.7 Å². The van der Waals surface area contributed by atoms with E-state index in [1.54, 1.807) is 0 Å². The molecule has 0 aliphatic rings. The minimum atomic E-state index is -0.0208. The van der Waals surface area contributed by atoms with Gasteiger partial charge in [-0.3, -0.25) is 5.41 Å². The molecule has 0 spiro atoms. The third-order valence-electron chi connectivity index (χ3n) is 0.592. The number of amidine groups is 1. The van der Waals surface area contributed by atoms with Crippen molar-refractivity contribution in [1.82, 2.24) is 9.36 Å². The molecule has 0 aliphatic carbocycles. The summed E-state index contributed by atoms with van der Waals surface area (Å²) in [4.78, 5) is 3.67. The van der Waals surface area contributed by atoms with Gasteiger partial charge in [0.1, 0.15) is 6.33 Å². The monoisotopic (exact) mass is 128 g/mol. The zero-order chi connectivity index (χ0) is 5.98. The Hall–Kier alpha value is -0.970. The van der Waals surface area contributed by atoms with Crippen LogP contribution in [0.2, 0.25) is 0 Å². The van der Waals surface area contributed by atoms with Gasteiger partial charge in [0.05, 0.1) is 0 Å². The molecule has 0 aromatic carbocycles. The van der Waals surface area contributed by atoms with Crippen LogP contribution in [-0.2, 0) is 0 Å². The average Bonchev–Trinajstić information content (AvgIpc) is 2.12. The van der Waals surface area contributed by atoms with Gasteiger partial charge < -0.3 is 5.73 Å². The Balaban J connectivity index is 2.93. The second-order valence-electron chi connectivity index (χ2n) is 1.16. The van der Waals surface area contributed by atoms with Crippen LogP contribution in [0.3, 0.4) is 0 Å². The van der Waals surface area contributed by atoms with Gasteiger partial charge in [0.2, 0.25) is 0 Å². The SMILES string of the molecule is N=C(N)c1ncns1. The molecular formula is C3H4N4S. The van der Waals surface area contributed by atoms with Crippen LogP contribution >= 0.6 is 11.5 Å². The zero-order valence-electron chi connectivity index (χ0n) is 3.96. The van der Waals surface area contributed by atoms with Crippen LogP contribution in [0.15, 0.2) is 6.33 Å². The van der Waals surface area contributed by atoms with E-state index in [1.807, 2.05) is 0 Å². The van der Waals surface area contributed by atoms with Crippen LogP contribution in [0.1, 0.15) is 5.01 Å². The number of nitrogens with two attached hydrogens (primary N) is 1. The van der Waals surface area contributed by atoms with E-state index in [0.717, 1.165) is 11.5 Å². The van der Waals surface area contributed by atoms with Gasteiger partial charge in [-0.2, -0.15) is 4.37 Å². The molecule has 42 valence electrons. The fraction of sp³-hybridized carbons (Fsp3) is 0. The Morgan fingerprint density at radius 2 is 2.62 bits per heavy atom. The van der Waals surface area contributed by atoms with Gasteiger partial charge in [-0.15, -0.1) is 0 Å². The molecule has 4 nitrogen and oxygen atoms in total. The van der Waals surface area contributed by atoms with E-state index >= 15 is 0 Å². The Morgan fingerprint density at radius 3 is 2.88 bits per heavy atom. The lowest BCUT2D eigenvalue weighted by atomic mass is 10.7. The largest absolute Gasteiger partial charge is 0.382 e. The summed E-state index contributed by atoms with van der Waals surface area (Å²) >= 11 is 1.12. The van der Waals surface area contributed by atoms with E-state index in [0.29, 0.717) is 5.01 Å². The molecule has 1 aromatic rings. The molecule has 8 heavy (non-hydrogen) atoms. The van der Waals surface area contributed by atoms with Crippen molar-refractivity contribution in [2.24, 2.45) is 5.73 Å². The highest BCUT2D eigenvalue weighted by Gasteiger charge is 1.95. The van der Waals surface area contributed by atoms with Crippen molar-refractivity contribution >= 4 is 17.4 Å². The molecule has 1 rings (SSSR count). The van der Waals surface area contributed by atoms with E-state index in [9.17, 15) is 0 Å². The lowest BCUT2D eigenvalue weighted by Gasteiger charge is -1.81. The van der Waals surface area contributed by atoms with E-state index in [-0.39, 0.29) is 5.84 Å². The number of nitrogens with zero attached hydrogens (tertiary/aromatic N) is 2. The van der Waals surface area contributed by atoms with Gasteiger partial charge in [-0.25, -0.2) is 4.98 Å². The quantitative estimate of drug-likeness (QED) is 0.407. The fourth-order valence-corrected chi connectivity index (χ4v) is 0.679. The molecule has 0 amide bonds. The van der Waals surface area contributed by atoms with Crippen LogP contribution in [0.4, 0.5) is 0 Å². The van der Waals surface area contributed by atoms with Crippen LogP contribution in [-0.4, -0.2) is 15.2 Å². The number of hydrogen-bond donors (Lipinski definition) is 2. The first kappa shape index (κ1) is 5.17. The average molecular weight is 128 g/mol. The number of hydrogen-bond acceptors (Lipinski definition) is 4. The third-order valence-corrected chi connectivity index (χ3v) is 1.29. The fourth-order valence-electron chi connectivity index (χ4n) is 0.292. The molecule has 0 saturated heterocycles. The molecule has 1 aromatic heterocycles. The molecule has 0 saturated carbocycles. The van der Waals surface area contributed by atoms with Gasteiger partial charge in [-0.05, 0) is 11.5 Å². The van der Waals surface area contributed by atoms with Crippen LogP contribution < -0.4 is 5.73 Å². The minimum absolute atomic E-state index is 0.0208. The van der Waals surface area contributed by atoms with Gasteiger partial charge >= 0.3 is 0 Å². The van der Waals surface area contributed by atoms with Crippen LogP contribution in [0, 0.1) is 5.41 Å². The first-order valence-electron chi connectivity index (χ1n) is 1.92. The Bertz CT molecular complexity index is 179. The van der Waals surface area contributed by atoms with Gasteiger partial charge in [0.15, 0.2) is 10.8 Å². The van der Waals surface area contributed by atoms with Crippen molar-refractivity contribution in [2.45, 2.75) is 0 Å². The number of nitrogens with one attached hydrogen (secondary N) is 1. The van der Waals surface area contributed by atoms with Crippen molar-refractivity contribution in [2.75, 3.05) is 0 Å². The van der Waals surface area contributed by atoms with Crippen LogP contribution in [0.5, 0.6) is 0 Å². The second kappa shape index (κ2) is 1.87. The molecule has 1 heterocycles. The highest BCUT2D eigenvalue weighted by molar-refractivity contribution is 7.07. The first-order chi connectivity index (χ1) is 3.80. The molecule has 0 unspecified atom stereocenters. The molecule has 0 bridgehead atoms. The molecule has 0 atom stereocenters. The summed E-state index contributed by atoms with van der Waals surface area (Å²) in [5.74, 6) is -0.0208. The Kier molecular flexibility index (Phi) is 1.21. The smallest absolute Gasteiger partial charge is 0.177 e. The van der Waals surface area contributed by atoms with E-state index in [2.05, 4.69) is 9.36 Å². The van der Waals surface area contributed by atoms with Crippen molar-refractivity contribution in [3.63, 3.8) is 0 Å². The summed E-state index contributed by atoms with van der Waals surface area (Å²) in [6, 6.07) is 0. The lowest BCUT2D eigenvalue weighted by molar-refractivity contribution is 1.29. The second-order valence-corrected chi connectivity index (χ2v) is 1.94. The summed E-state index contributed by atoms with van der Waals surface area (Å²) in [7, 11) is 0. The summed E-state index contributed by atoms with van der Waals surface area (Å²) in [5, 5.41) is 7.31. The summed E-state index contributed by atoms with van der Waals surface area (Å²) in [6.45, 7) is 0. The third kappa shape index (κ3) is 0.812. The zero-order valence-corrected chi connectivity index (χ0v) is 4.77. The molecule has 0 fully saturated rings. The highest BCUT2D eigenvalue weighted by Crippen LogP contribution is 1.95. The number of nitrogen functional groups attached to an aromatic ring is 1. The highest BCUT2D eigenvalue weighted by atomic mass is 32.1. The summed E-state index contributed by atoms with van der Waals surface area (Å²) in [6.07, 6.45) is 1.38. The predicted octanol–water partition coefficient (Wildman–Crippen LogP) is -0.178. The van der Waals surface area contributed by atoms with E-state index in [1.165, 1.54) is 6.33 Å². The molecular weight excluding hydrogens is 124 g/mol. The maximum atomic E-state index is 6.84. The van der Waals surface area contributed by atoms with Gasteiger partial charge in [-0.1, -0.05) is 0 Å². The van der Waals surface area contributed by atoms with Gasteiger partial charge in [0, 0.05) is 0 Å². The van der Waals surface area contributed by atoms with Gasteiger partial charge in [0.25, 0.3) is 0 Å². The lowest BCUT2D eigenvalue weighted by Crippen LogP contribution is -2.09. The van der Waals surface area contributed by atoms with Crippen molar-refractivity contribution in [3.05, 3.63) is 11.3 Å². The maximum Gasteiger partial charge on any atom is 0.177 e. The predicted molar refractivity (Wildman–Crippen MR) is 30.9 cm³/mol. The Labute approximate surface area is 50.0 Å². The Morgan fingerprint density at radius 1 is 1.88 bits per heavy atom. The van der Waals surface area contributed by atoms with Crippen molar-refractivity contribution in [3.8, 4) is 0 Å². The molecule has 0 aliphatic heterocycles. The van der Waals surface area contributed by atoms with E-state index < -0.39 is 0 Å². The summed E-state index contributed by atoms with van der Waals surface area (Å²) in [5.41, 5.74) is 5.05. The normalized spacial score (nSPS) is 9.00. The standard InChI is InChI=1S/C3H4N4S/c4-2(5)3-6-1-7-8-3/h1H,(H3,4,5). The number of aromatic nitrogens is 2. The first-order valence-corrected chi connectivity index (χ1v) is 2.69. The summed E-state index contributed by atoms with van der Waals surface area (Å²) < 4.78 is 3.65. The maximum absolute atomic E-state index is 6.84. The van der Waals surface area contributed by atoms with Crippen LogP contribution in [0.25, 0.3) is 0 Å².